The van der Waals surface area contributed by atoms with Crippen LogP contribution in [0.2, 0.25) is 0 Å². The van der Waals surface area contributed by atoms with E-state index in [0.29, 0.717) is 12.1 Å². The maximum Gasteiger partial charge on any atom is 0.451 e. The molecule has 37 heavy (non-hydrogen) atoms. The molecule has 14 heteroatoms. The van der Waals surface area contributed by atoms with Gasteiger partial charge in [0.15, 0.2) is 0 Å². The summed E-state index contributed by atoms with van der Waals surface area (Å²) < 4.78 is 79.3. The first-order valence-corrected chi connectivity index (χ1v) is 12.7. The van der Waals surface area contributed by atoms with Crippen LogP contribution < -0.4 is 5.32 Å². The minimum Gasteiger partial charge on any atom is -0.349 e. The van der Waals surface area contributed by atoms with Gasteiger partial charge in [-0.3, -0.25) is 4.79 Å². The Labute approximate surface area is 209 Å². The number of alkyl halides is 3. The van der Waals surface area contributed by atoms with Crippen molar-refractivity contribution in [2.24, 2.45) is 11.8 Å². The van der Waals surface area contributed by atoms with Crippen LogP contribution in [0.15, 0.2) is 53.9 Å². The van der Waals surface area contributed by atoms with Crippen molar-refractivity contribution in [2.75, 3.05) is 0 Å². The third-order valence-corrected chi connectivity index (χ3v) is 8.59. The van der Waals surface area contributed by atoms with E-state index in [1.165, 1.54) is 28.8 Å². The lowest BCUT2D eigenvalue weighted by molar-refractivity contribution is -0.145. The highest BCUT2D eigenvalue weighted by Crippen LogP contribution is 2.55. The van der Waals surface area contributed by atoms with Crippen LogP contribution >= 0.6 is 0 Å². The molecule has 1 N–H and O–H groups in total. The van der Waals surface area contributed by atoms with Crippen LogP contribution in [0.4, 0.5) is 17.6 Å². The number of sulfonamides is 1. The zero-order chi connectivity index (χ0) is 26.5. The molecular formula is C23H20F4N6O3S. The standard InChI is InChI=1S/C23H20F4N6O3S/c1-12-17-7-19(33(20(12)17)37(35,36)16-4-2-14(24)3-5-16)21(34)28-10-15-6-18(32-11-31-15)13-8-29-22(30-9-13)23(25,26)27/h2-6,8-9,11-12,17,19-20H,7,10H2,1H3,(H,28,34)/t12-,17+,19-,20?/m0/s1. The number of hydrogen-bond acceptors (Lipinski definition) is 7. The number of nitrogens with one attached hydrogen (secondary N) is 1. The molecule has 5 rings (SSSR count). The molecule has 1 aromatic carbocycles. The van der Waals surface area contributed by atoms with Gasteiger partial charge in [-0.2, -0.15) is 17.5 Å². The summed E-state index contributed by atoms with van der Waals surface area (Å²) in [5.41, 5.74) is 0.830. The van der Waals surface area contributed by atoms with Gasteiger partial charge in [0.1, 0.15) is 18.2 Å². The van der Waals surface area contributed by atoms with E-state index in [9.17, 15) is 30.8 Å². The van der Waals surface area contributed by atoms with E-state index in [1.54, 1.807) is 0 Å². The summed E-state index contributed by atoms with van der Waals surface area (Å²) in [6.45, 7) is 1.85. The second-order valence-electron chi connectivity index (χ2n) is 8.96. The molecule has 2 fully saturated rings. The van der Waals surface area contributed by atoms with E-state index in [2.05, 4.69) is 25.3 Å². The van der Waals surface area contributed by atoms with Crippen molar-refractivity contribution in [2.45, 2.75) is 43.0 Å². The number of amides is 1. The molecule has 1 saturated heterocycles. The molecule has 2 aliphatic rings. The van der Waals surface area contributed by atoms with E-state index in [-0.39, 0.29) is 40.6 Å². The lowest BCUT2D eigenvalue weighted by Crippen LogP contribution is -2.48. The van der Waals surface area contributed by atoms with Crippen molar-refractivity contribution < 1.29 is 30.8 Å². The fraction of sp³-hybridized carbons (Fsp3) is 0.348. The van der Waals surface area contributed by atoms with Crippen LogP contribution in [0.3, 0.4) is 0 Å². The third kappa shape index (κ3) is 4.78. The number of benzene rings is 1. The molecule has 4 atom stereocenters. The molecule has 0 bridgehead atoms. The van der Waals surface area contributed by atoms with E-state index in [4.69, 9.17) is 0 Å². The zero-order valence-electron chi connectivity index (χ0n) is 19.2. The molecule has 3 heterocycles. The first-order valence-electron chi connectivity index (χ1n) is 11.2. The fourth-order valence-corrected chi connectivity index (χ4v) is 6.61. The van der Waals surface area contributed by atoms with Crippen molar-refractivity contribution in [1.82, 2.24) is 29.6 Å². The molecule has 3 aromatic rings. The van der Waals surface area contributed by atoms with Gasteiger partial charge in [0.25, 0.3) is 0 Å². The number of halogens is 4. The Morgan fingerprint density at radius 1 is 1.11 bits per heavy atom. The van der Waals surface area contributed by atoms with E-state index in [1.807, 2.05) is 6.92 Å². The SMILES string of the molecule is C[C@@H]1C2[C@@H]1C[C@@H](C(=O)NCc1cc(-c3cnc(C(F)(F)F)nc3)ncn1)N2S(=O)(=O)c1ccc(F)cc1. The van der Waals surface area contributed by atoms with Gasteiger partial charge in [-0.05, 0) is 48.6 Å². The quantitative estimate of drug-likeness (QED) is 0.482. The van der Waals surface area contributed by atoms with Gasteiger partial charge in [-0.25, -0.2) is 32.7 Å². The van der Waals surface area contributed by atoms with Crippen molar-refractivity contribution in [3.8, 4) is 11.3 Å². The summed E-state index contributed by atoms with van der Waals surface area (Å²) >= 11 is 0. The van der Waals surface area contributed by atoms with E-state index < -0.39 is 39.8 Å². The molecule has 1 aliphatic heterocycles. The van der Waals surface area contributed by atoms with Gasteiger partial charge in [0, 0.05) is 24.0 Å². The van der Waals surface area contributed by atoms with Crippen molar-refractivity contribution in [1.29, 1.82) is 0 Å². The van der Waals surface area contributed by atoms with Gasteiger partial charge in [-0.1, -0.05) is 6.92 Å². The molecule has 0 radical (unpaired) electrons. The predicted octanol–water partition coefficient (Wildman–Crippen LogP) is 2.81. The normalized spacial score (nSPS) is 23.5. The Kier molecular flexibility index (Phi) is 6.18. The molecule has 1 aliphatic carbocycles. The van der Waals surface area contributed by atoms with Gasteiger partial charge >= 0.3 is 6.18 Å². The van der Waals surface area contributed by atoms with E-state index in [0.717, 1.165) is 24.5 Å². The summed E-state index contributed by atoms with van der Waals surface area (Å²) in [7, 11) is -4.04. The van der Waals surface area contributed by atoms with Crippen LogP contribution in [0.1, 0.15) is 24.9 Å². The molecule has 0 spiro atoms. The fourth-order valence-electron chi connectivity index (χ4n) is 4.70. The maximum atomic E-state index is 13.3. The Balaban J connectivity index is 1.30. The first kappa shape index (κ1) is 25.1. The van der Waals surface area contributed by atoms with Gasteiger partial charge < -0.3 is 5.32 Å². The second kappa shape index (κ2) is 9.10. The summed E-state index contributed by atoms with van der Waals surface area (Å²) in [6, 6.07) is 4.68. The number of aromatic nitrogens is 4. The number of nitrogens with zero attached hydrogens (tertiary/aromatic N) is 5. The number of carbonyl (C=O) groups excluding carboxylic acids is 1. The number of piperidine rings is 1. The topological polar surface area (TPSA) is 118 Å². The maximum absolute atomic E-state index is 13.3. The Morgan fingerprint density at radius 2 is 1.78 bits per heavy atom. The Bertz CT molecular complexity index is 1430. The number of hydrogen-bond donors (Lipinski definition) is 1. The van der Waals surface area contributed by atoms with Crippen LogP contribution in [0, 0.1) is 17.7 Å². The molecule has 194 valence electrons. The van der Waals surface area contributed by atoms with Crippen molar-refractivity contribution >= 4 is 15.9 Å². The molecule has 1 saturated carbocycles. The van der Waals surface area contributed by atoms with Crippen molar-refractivity contribution in [3.63, 3.8) is 0 Å². The Morgan fingerprint density at radius 3 is 2.43 bits per heavy atom. The predicted molar refractivity (Wildman–Crippen MR) is 120 cm³/mol. The first-order chi connectivity index (χ1) is 17.5. The molecular weight excluding hydrogens is 516 g/mol. The van der Waals surface area contributed by atoms with Crippen LogP contribution in [-0.4, -0.2) is 50.6 Å². The van der Waals surface area contributed by atoms with Crippen LogP contribution in [0.5, 0.6) is 0 Å². The average molecular weight is 537 g/mol. The highest BCUT2D eigenvalue weighted by molar-refractivity contribution is 7.89. The number of fused-ring (bicyclic) bond motifs is 1. The second-order valence-corrected chi connectivity index (χ2v) is 10.8. The minimum atomic E-state index is -4.67. The highest BCUT2D eigenvalue weighted by Gasteiger charge is 2.63. The lowest BCUT2D eigenvalue weighted by atomic mass is 10.1. The molecule has 9 nitrogen and oxygen atoms in total. The monoisotopic (exact) mass is 536 g/mol. The molecule has 2 aromatic heterocycles. The van der Waals surface area contributed by atoms with Gasteiger partial charge in [0.05, 0.1) is 22.8 Å². The summed E-state index contributed by atoms with van der Waals surface area (Å²) in [4.78, 5) is 27.7. The summed E-state index contributed by atoms with van der Waals surface area (Å²) in [5.74, 6) is -2.20. The van der Waals surface area contributed by atoms with Crippen molar-refractivity contribution in [3.05, 3.63) is 66.4 Å². The van der Waals surface area contributed by atoms with E-state index >= 15 is 0 Å². The van der Waals surface area contributed by atoms with Crippen LogP contribution in [0.25, 0.3) is 11.3 Å². The Hall–Kier alpha value is -3.52. The summed E-state index contributed by atoms with van der Waals surface area (Å²) in [5, 5.41) is 2.69. The third-order valence-electron chi connectivity index (χ3n) is 6.67. The number of rotatable bonds is 6. The molecule has 1 unspecified atom stereocenters. The van der Waals surface area contributed by atoms with Gasteiger partial charge in [-0.15, -0.1) is 0 Å². The largest absolute Gasteiger partial charge is 0.451 e. The highest BCUT2D eigenvalue weighted by atomic mass is 32.2. The van der Waals surface area contributed by atoms with Crippen LogP contribution in [-0.2, 0) is 27.5 Å². The lowest BCUT2D eigenvalue weighted by Gasteiger charge is -2.27. The number of carbonyl (C=O) groups is 1. The minimum absolute atomic E-state index is 0.0521. The summed E-state index contributed by atoms with van der Waals surface area (Å²) in [6.07, 6.45) is -1.14. The average Bonchev–Trinajstić information content (AvgIpc) is 3.29. The van der Waals surface area contributed by atoms with Gasteiger partial charge in [0.2, 0.25) is 21.8 Å². The molecule has 1 amide bonds. The smallest absolute Gasteiger partial charge is 0.349 e. The zero-order valence-corrected chi connectivity index (χ0v) is 20.0.